The van der Waals surface area contributed by atoms with Crippen LogP contribution in [0.2, 0.25) is 0 Å². The third kappa shape index (κ3) is 5.26. The molecule has 0 aromatic heterocycles. The van der Waals surface area contributed by atoms with E-state index in [0.717, 1.165) is 22.3 Å². The second-order valence-electron chi connectivity index (χ2n) is 9.37. The number of amides is 1. The summed E-state index contributed by atoms with van der Waals surface area (Å²) in [7, 11) is -4.47. The first kappa shape index (κ1) is 25.7. The largest absolute Gasteiger partial charge is 0.464 e. The highest BCUT2D eigenvalue weighted by molar-refractivity contribution is 7.91. The molecule has 0 saturated carbocycles. The Labute approximate surface area is 192 Å². The fourth-order valence-electron chi connectivity index (χ4n) is 4.00. The number of hydrogen-bond acceptors (Lipinski definition) is 3. The van der Waals surface area contributed by atoms with Crippen LogP contribution in [-0.2, 0) is 10.2 Å². The number of nitrogens with one attached hydrogen (secondary N) is 1. The van der Waals surface area contributed by atoms with E-state index >= 15 is 0 Å². The number of carbonyl (C=O) groups is 1. The molecule has 32 heavy (non-hydrogen) atoms. The van der Waals surface area contributed by atoms with E-state index in [1.54, 1.807) is 4.72 Å². The summed E-state index contributed by atoms with van der Waals surface area (Å²) in [5.74, 6) is 0.111. The second-order valence-corrected chi connectivity index (χ2v) is 10.9. The van der Waals surface area contributed by atoms with Gasteiger partial charge in [-0.3, -0.25) is 0 Å². The molecule has 2 aromatic carbocycles. The van der Waals surface area contributed by atoms with Crippen LogP contribution in [0, 0.1) is 0 Å². The van der Waals surface area contributed by atoms with Crippen LogP contribution in [0.4, 0.5) is 16.2 Å². The van der Waals surface area contributed by atoms with Gasteiger partial charge in [0.15, 0.2) is 0 Å². The summed E-state index contributed by atoms with van der Waals surface area (Å²) in [4.78, 5) is 11.5. The van der Waals surface area contributed by atoms with Crippen LogP contribution in [0.5, 0.6) is 0 Å². The van der Waals surface area contributed by atoms with E-state index in [2.05, 4.69) is 0 Å². The summed E-state index contributed by atoms with van der Waals surface area (Å²) >= 11 is 0. The maximum atomic E-state index is 13.7. The molecule has 176 valence electrons. The van der Waals surface area contributed by atoms with Gasteiger partial charge in [-0.25, -0.2) is 13.8 Å². The summed E-state index contributed by atoms with van der Waals surface area (Å²) in [5, 5.41) is 9.39. The Morgan fingerprint density at radius 3 is 1.22 bits per heavy atom. The van der Waals surface area contributed by atoms with Crippen LogP contribution in [0.1, 0.15) is 101 Å². The van der Waals surface area contributed by atoms with Crippen molar-refractivity contribution in [2.75, 3.05) is 4.31 Å². The summed E-state index contributed by atoms with van der Waals surface area (Å²) in [6.07, 6.45) is -1.61. The van der Waals surface area contributed by atoms with Crippen LogP contribution in [0.15, 0.2) is 36.4 Å². The van der Waals surface area contributed by atoms with E-state index in [-0.39, 0.29) is 23.7 Å². The summed E-state index contributed by atoms with van der Waals surface area (Å²) in [6.45, 7) is 16.1. The van der Waals surface area contributed by atoms with E-state index in [1.165, 1.54) is 4.31 Å². The minimum Gasteiger partial charge on any atom is -0.464 e. The lowest BCUT2D eigenvalue weighted by Crippen LogP contribution is -2.42. The number of nitrogens with zero attached hydrogens (tertiary/aromatic N) is 1. The molecular weight excluding hydrogens is 424 g/mol. The molecule has 0 aliphatic rings. The number of carboxylic acid groups (broad SMARTS) is 1. The fourth-order valence-corrected chi connectivity index (χ4v) is 5.21. The molecule has 0 fully saturated rings. The lowest BCUT2D eigenvalue weighted by Gasteiger charge is -2.34. The topological polar surface area (TPSA) is 86.7 Å². The highest BCUT2D eigenvalue weighted by Crippen LogP contribution is 2.45. The van der Waals surface area contributed by atoms with Gasteiger partial charge < -0.3 is 5.11 Å². The summed E-state index contributed by atoms with van der Waals surface area (Å²) in [5.41, 5.74) is 4.45. The lowest BCUT2D eigenvalue weighted by atomic mass is 9.89. The molecule has 0 aliphatic heterocycles. The van der Waals surface area contributed by atoms with Crippen molar-refractivity contribution in [3.05, 3.63) is 58.7 Å². The molecule has 2 rings (SSSR count). The van der Waals surface area contributed by atoms with Crippen LogP contribution in [0.3, 0.4) is 0 Å². The Hall–Kier alpha value is -2.54. The molecule has 0 saturated heterocycles. The van der Waals surface area contributed by atoms with Gasteiger partial charge in [-0.15, -0.1) is 0 Å². The number of rotatable bonds is 8. The van der Waals surface area contributed by atoms with Crippen molar-refractivity contribution in [1.29, 1.82) is 0 Å². The van der Waals surface area contributed by atoms with Crippen LogP contribution < -0.4 is 9.03 Å². The maximum Gasteiger partial charge on any atom is 0.419 e. The molecule has 0 bridgehead atoms. The van der Waals surface area contributed by atoms with Gasteiger partial charge in [0.25, 0.3) is 0 Å². The molecule has 0 radical (unpaired) electrons. The Morgan fingerprint density at radius 1 is 0.719 bits per heavy atom. The van der Waals surface area contributed by atoms with Crippen LogP contribution in [-0.4, -0.2) is 19.6 Å². The predicted octanol–water partition coefficient (Wildman–Crippen LogP) is 6.83. The molecule has 0 atom stereocenters. The normalized spacial score (nSPS) is 12.1. The standard InChI is InChI=1S/C25H36N2O4S/c1-15(2)19-11-9-12-20(16(3)4)23(19)27(32(30,31)26-25(28)29)24-21(17(5)6)13-10-14-22(24)18(7)8/h9-18,26H,1-8H3,(H,28,29). The zero-order valence-electron chi connectivity index (χ0n) is 20.3. The van der Waals surface area contributed by atoms with E-state index in [0.29, 0.717) is 11.4 Å². The van der Waals surface area contributed by atoms with E-state index < -0.39 is 16.3 Å². The number of anilines is 2. The average Bonchev–Trinajstić information content (AvgIpc) is 2.66. The van der Waals surface area contributed by atoms with Crippen LogP contribution in [0.25, 0.3) is 0 Å². The molecule has 0 unspecified atom stereocenters. The fraction of sp³-hybridized carbons (Fsp3) is 0.480. The van der Waals surface area contributed by atoms with Gasteiger partial charge in [0.05, 0.1) is 11.4 Å². The Kier molecular flexibility index (Phi) is 7.99. The Morgan fingerprint density at radius 2 is 1.00 bits per heavy atom. The van der Waals surface area contributed by atoms with Gasteiger partial charge in [-0.2, -0.15) is 8.42 Å². The van der Waals surface area contributed by atoms with E-state index in [4.69, 9.17) is 0 Å². The van der Waals surface area contributed by atoms with Crippen molar-refractivity contribution < 1.29 is 18.3 Å². The van der Waals surface area contributed by atoms with Crippen LogP contribution >= 0.6 is 0 Å². The average molecular weight is 461 g/mol. The molecule has 1 amide bonds. The Balaban J connectivity index is 3.13. The second kappa shape index (κ2) is 9.94. The first-order valence-corrected chi connectivity index (χ1v) is 12.5. The zero-order chi connectivity index (χ0) is 24.4. The molecule has 0 aliphatic carbocycles. The third-order valence-electron chi connectivity index (χ3n) is 5.55. The van der Waals surface area contributed by atoms with Gasteiger partial charge in [0, 0.05) is 0 Å². The van der Waals surface area contributed by atoms with Gasteiger partial charge in [-0.05, 0) is 45.9 Å². The highest BCUT2D eigenvalue weighted by Gasteiger charge is 2.35. The monoisotopic (exact) mass is 460 g/mol. The molecule has 0 spiro atoms. The minimum absolute atomic E-state index is 0.0277. The van der Waals surface area contributed by atoms with Gasteiger partial charge in [-0.1, -0.05) is 91.8 Å². The third-order valence-corrected chi connectivity index (χ3v) is 6.83. The van der Waals surface area contributed by atoms with E-state index in [9.17, 15) is 18.3 Å². The smallest absolute Gasteiger partial charge is 0.419 e. The molecule has 6 nitrogen and oxygen atoms in total. The van der Waals surface area contributed by atoms with Gasteiger partial charge in [0.2, 0.25) is 0 Å². The van der Waals surface area contributed by atoms with E-state index in [1.807, 2.05) is 91.8 Å². The van der Waals surface area contributed by atoms with Crippen molar-refractivity contribution in [3.63, 3.8) is 0 Å². The quantitative estimate of drug-likeness (QED) is 0.452. The molecular formula is C25H36N2O4S. The summed E-state index contributed by atoms with van der Waals surface area (Å²) in [6, 6.07) is 11.5. The number of benzene rings is 2. The van der Waals surface area contributed by atoms with Crippen molar-refractivity contribution in [1.82, 2.24) is 4.72 Å². The maximum absolute atomic E-state index is 13.7. The highest BCUT2D eigenvalue weighted by atomic mass is 32.2. The van der Waals surface area contributed by atoms with Gasteiger partial charge in [0.1, 0.15) is 0 Å². The van der Waals surface area contributed by atoms with Gasteiger partial charge >= 0.3 is 16.3 Å². The molecule has 2 N–H and O–H groups in total. The van der Waals surface area contributed by atoms with Crippen molar-refractivity contribution in [3.8, 4) is 0 Å². The number of para-hydroxylation sites is 2. The molecule has 7 heteroatoms. The lowest BCUT2D eigenvalue weighted by molar-refractivity contribution is 0.201. The zero-order valence-corrected chi connectivity index (χ0v) is 21.1. The van der Waals surface area contributed by atoms with Crippen molar-refractivity contribution in [2.45, 2.75) is 79.1 Å². The summed E-state index contributed by atoms with van der Waals surface area (Å²) < 4.78 is 30.4. The first-order chi connectivity index (χ1) is 14.8. The van der Waals surface area contributed by atoms with Crippen molar-refractivity contribution >= 4 is 27.7 Å². The SMILES string of the molecule is CC(C)c1cccc(C(C)C)c1N(c1c(C(C)C)cccc1C(C)C)S(=O)(=O)NC(=O)O. The Bertz CT molecular complexity index is 957. The number of hydrogen-bond donors (Lipinski definition) is 2. The first-order valence-electron chi connectivity index (χ1n) is 11.1. The van der Waals surface area contributed by atoms with Crippen molar-refractivity contribution in [2.24, 2.45) is 0 Å². The molecule has 0 heterocycles. The molecule has 2 aromatic rings. The predicted molar refractivity (Wildman–Crippen MR) is 131 cm³/mol. The minimum atomic E-state index is -4.47.